The SMILES string of the molecule is CCO[C@@H]1OOCC[C@@H]1NC(=O)[C@@H]1CCCN1. The molecule has 0 bridgehead atoms. The highest BCUT2D eigenvalue weighted by Gasteiger charge is 2.32. The predicted octanol–water partition coefficient (Wildman–Crippen LogP) is -0.0623. The fraction of sp³-hybridized carbons (Fsp3) is 0.909. The Bertz CT molecular complexity index is 254. The van der Waals surface area contributed by atoms with Crippen LogP contribution >= 0.6 is 0 Å². The van der Waals surface area contributed by atoms with Crippen molar-refractivity contribution in [1.82, 2.24) is 10.6 Å². The van der Waals surface area contributed by atoms with Crippen LogP contribution in [0.25, 0.3) is 0 Å². The molecule has 2 rings (SSSR count). The lowest BCUT2D eigenvalue weighted by molar-refractivity contribution is -0.403. The molecule has 0 unspecified atom stereocenters. The molecule has 2 aliphatic heterocycles. The lowest BCUT2D eigenvalue weighted by atomic mass is 10.1. The summed E-state index contributed by atoms with van der Waals surface area (Å²) < 4.78 is 5.38. The summed E-state index contributed by atoms with van der Waals surface area (Å²) in [5.74, 6) is 0.0303. The van der Waals surface area contributed by atoms with Gasteiger partial charge in [0.25, 0.3) is 0 Å². The van der Waals surface area contributed by atoms with Gasteiger partial charge in [-0.15, -0.1) is 0 Å². The minimum absolute atomic E-state index is 0.0303. The second-order valence-corrected chi connectivity index (χ2v) is 4.29. The maximum Gasteiger partial charge on any atom is 0.237 e. The van der Waals surface area contributed by atoms with Gasteiger partial charge in [0.2, 0.25) is 12.2 Å². The Morgan fingerprint density at radius 1 is 1.53 bits per heavy atom. The lowest BCUT2D eigenvalue weighted by Gasteiger charge is -2.31. The van der Waals surface area contributed by atoms with E-state index in [1.807, 2.05) is 6.92 Å². The van der Waals surface area contributed by atoms with Crippen LogP contribution in [0, 0.1) is 0 Å². The lowest BCUT2D eigenvalue weighted by Crippen LogP contribution is -2.53. The Kier molecular flexibility index (Phi) is 4.73. The molecule has 17 heavy (non-hydrogen) atoms. The fourth-order valence-corrected chi connectivity index (χ4v) is 2.13. The minimum atomic E-state index is -0.501. The second kappa shape index (κ2) is 6.30. The molecule has 98 valence electrons. The molecule has 1 amide bonds. The quantitative estimate of drug-likeness (QED) is 0.678. The molecule has 2 heterocycles. The highest BCUT2D eigenvalue weighted by atomic mass is 17.2. The summed E-state index contributed by atoms with van der Waals surface area (Å²) in [7, 11) is 0. The summed E-state index contributed by atoms with van der Waals surface area (Å²) in [4.78, 5) is 21.9. The van der Waals surface area contributed by atoms with Gasteiger partial charge in [-0.05, 0) is 32.7 Å². The number of rotatable bonds is 4. The third kappa shape index (κ3) is 3.38. The number of amides is 1. The third-order valence-electron chi connectivity index (χ3n) is 3.04. The maximum absolute atomic E-state index is 11.9. The molecule has 0 saturated carbocycles. The molecular formula is C11H20N2O4. The Labute approximate surface area is 101 Å². The monoisotopic (exact) mass is 244 g/mol. The maximum atomic E-state index is 11.9. The van der Waals surface area contributed by atoms with E-state index in [9.17, 15) is 4.79 Å². The van der Waals surface area contributed by atoms with E-state index in [0.717, 1.165) is 19.4 Å². The number of nitrogens with one attached hydrogen (secondary N) is 2. The molecule has 0 radical (unpaired) electrons. The van der Waals surface area contributed by atoms with Crippen LogP contribution in [0.4, 0.5) is 0 Å². The van der Waals surface area contributed by atoms with Gasteiger partial charge in [-0.2, -0.15) is 0 Å². The first-order chi connectivity index (χ1) is 8.31. The first kappa shape index (κ1) is 12.8. The predicted molar refractivity (Wildman–Crippen MR) is 60.0 cm³/mol. The van der Waals surface area contributed by atoms with Crippen molar-refractivity contribution in [1.29, 1.82) is 0 Å². The molecule has 0 spiro atoms. The van der Waals surface area contributed by atoms with E-state index in [-0.39, 0.29) is 18.0 Å². The zero-order valence-corrected chi connectivity index (χ0v) is 10.1. The van der Waals surface area contributed by atoms with E-state index in [4.69, 9.17) is 14.5 Å². The van der Waals surface area contributed by atoms with Gasteiger partial charge in [0.15, 0.2) is 0 Å². The topological polar surface area (TPSA) is 68.8 Å². The number of carbonyl (C=O) groups is 1. The van der Waals surface area contributed by atoms with Gasteiger partial charge in [0.1, 0.15) is 0 Å². The highest BCUT2D eigenvalue weighted by molar-refractivity contribution is 5.82. The van der Waals surface area contributed by atoms with E-state index in [0.29, 0.717) is 19.6 Å². The van der Waals surface area contributed by atoms with Crippen LogP contribution in [0.15, 0.2) is 0 Å². The molecule has 2 N–H and O–H groups in total. The summed E-state index contributed by atoms with van der Waals surface area (Å²) in [6.07, 6.45) is 2.16. The van der Waals surface area contributed by atoms with Gasteiger partial charge in [-0.3, -0.25) is 4.79 Å². The molecule has 0 aromatic heterocycles. The normalized spacial score (nSPS) is 33.6. The minimum Gasteiger partial charge on any atom is -0.348 e. The Morgan fingerprint density at radius 2 is 2.41 bits per heavy atom. The van der Waals surface area contributed by atoms with Crippen molar-refractivity contribution >= 4 is 5.91 Å². The molecule has 6 nitrogen and oxygen atoms in total. The number of hydrogen-bond donors (Lipinski definition) is 2. The van der Waals surface area contributed by atoms with Crippen LogP contribution < -0.4 is 10.6 Å². The summed E-state index contributed by atoms with van der Waals surface area (Å²) in [6.45, 7) is 3.81. The zero-order valence-electron chi connectivity index (χ0n) is 10.1. The second-order valence-electron chi connectivity index (χ2n) is 4.29. The summed E-state index contributed by atoms with van der Waals surface area (Å²) in [5, 5.41) is 6.13. The summed E-state index contributed by atoms with van der Waals surface area (Å²) in [6, 6.07) is -0.196. The van der Waals surface area contributed by atoms with Crippen LogP contribution in [0.1, 0.15) is 26.2 Å². The van der Waals surface area contributed by atoms with Crippen molar-refractivity contribution in [2.45, 2.75) is 44.6 Å². The number of hydrogen-bond acceptors (Lipinski definition) is 5. The number of ether oxygens (including phenoxy) is 1. The summed E-state index contributed by atoms with van der Waals surface area (Å²) >= 11 is 0. The molecule has 2 saturated heterocycles. The average Bonchev–Trinajstić information content (AvgIpc) is 2.85. The molecule has 0 aromatic rings. The molecule has 6 heteroatoms. The van der Waals surface area contributed by atoms with Crippen LogP contribution in [0.5, 0.6) is 0 Å². The van der Waals surface area contributed by atoms with Crippen molar-refractivity contribution in [3.05, 3.63) is 0 Å². The van der Waals surface area contributed by atoms with E-state index < -0.39 is 6.29 Å². The van der Waals surface area contributed by atoms with Crippen LogP contribution in [-0.4, -0.2) is 44.0 Å². The van der Waals surface area contributed by atoms with Gasteiger partial charge in [-0.1, -0.05) is 0 Å². The molecule has 0 aliphatic carbocycles. The van der Waals surface area contributed by atoms with E-state index in [1.165, 1.54) is 0 Å². The smallest absolute Gasteiger partial charge is 0.237 e. The van der Waals surface area contributed by atoms with Crippen molar-refractivity contribution in [2.75, 3.05) is 19.8 Å². The van der Waals surface area contributed by atoms with Crippen molar-refractivity contribution in [3.63, 3.8) is 0 Å². The van der Waals surface area contributed by atoms with E-state index in [1.54, 1.807) is 0 Å². The van der Waals surface area contributed by atoms with Crippen LogP contribution in [0.3, 0.4) is 0 Å². The Balaban J connectivity index is 1.84. The third-order valence-corrected chi connectivity index (χ3v) is 3.04. The standard InChI is InChI=1S/C11H20N2O4/c1-2-15-11-9(5-7-16-17-11)13-10(14)8-4-3-6-12-8/h8-9,11-12H,2-7H2,1H3,(H,13,14)/t8-,9-,11+/m0/s1. The number of carbonyl (C=O) groups excluding carboxylic acids is 1. The first-order valence-corrected chi connectivity index (χ1v) is 6.25. The van der Waals surface area contributed by atoms with Crippen molar-refractivity contribution < 1.29 is 19.3 Å². The van der Waals surface area contributed by atoms with Crippen LogP contribution in [0.2, 0.25) is 0 Å². The average molecular weight is 244 g/mol. The van der Waals surface area contributed by atoms with Crippen LogP contribution in [-0.2, 0) is 19.3 Å². The van der Waals surface area contributed by atoms with E-state index in [2.05, 4.69) is 10.6 Å². The Hall–Kier alpha value is -0.690. The van der Waals surface area contributed by atoms with Gasteiger partial charge in [0, 0.05) is 6.61 Å². The molecule has 2 aliphatic rings. The molecular weight excluding hydrogens is 224 g/mol. The Morgan fingerprint density at radius 3 is 3.12 bits per heavy atom. The fourth-order valence-electron chi connectivity index (χ4n) is 2.13. The van der Waals surface area contributed by atoms with Gasteiger partial charge in [0.05, 0.1) is 18.7 Å². The van der Waals surface area contributed by atoms with Gasteiger partial charge < -0.3 is 15.4 Å². The van der Waals surface area contributed by atoms with E-state index >= 15 is 0 Å². The highest BCUT2D eigenvalue weighted by Crippen LogP contribution is 2.14. The molecule has 2 fully saturated rings. The zero-order chi connectivity index (χ0) is 12.1. The largest absolute Gasteiger partial charge is 0.348 e. The van der Waals surface area contributed by atoms with Crippen molar-refractivity contribution in [3.8, 4) is 0 Å². The molecule has 0 aromatic carbocycles. The van der Waals surface area contributed by atoms with Gasteiger partial charge >= 0.3 is 0 Å². The molecule has 3 atom stereocenters. The first-order valence-electron chi connectivity index (χ1n) is 6.25. The van der Waals surface area contributed by atoms with Gasteiger partial charge in [-0.25, -0.2) is 9.78 Å². The summed E-state index contributed by atoms with van der Waals surface area (Å²) in [5.41, 5.74) is 0. The van der Waals surface area contributed by atoms with Crippen molar-refractivity contribution in [2.24, 2.45) is 0 Å².